The second-order valence-electron chi connectivity index (χ2n) is 5.14. The minimum Gasteiger partial charge on any atom is -0.324 e. The summed E-state index contributed by atoms with van der Waals surface area (Å²) in [6, 6.07) is 8.03. The molecule has 21 heavy (non-hydrogen) atoms. The Morgan fingerprint density at radius 1 is 1.00 bits per heavy atom. The quantitative estimate of drug-likeness (QED) is 0.650. The van der Waals surface area contributed by atoms with Gasteiger partial charge < -0.3 is 9.79 Å². The summed E-state index contributed by atoms with van der Waals surface area (Å²) in [4.78, 5) is 18.2. The lowest BCUT2D eigenvalue weighted by Crippen LogP contribution is -2.37. The Hall–Kier alpha value is -1.55. The maximum absolute atomic E-state index is 11.2. The van der Waals surface area contributed by atoms with Crippen molar-refractivity contribution in [3.63, 3.8) is 0 Å². The van der Waals surface area contributed by atoms with Crippen molar-refractivity contribution in [1.82, 2.24) is 0 Å². The molecule has 0 bridgehead atoms. The second kappa shape index (κ2) is 6.48. The number of hydrogen-bond donors (Lipinski definition) is 2. The molecule has 6 heteroatoms. The summed E-state index contributed by atoms with van der Waals surface area (Å²) in [5, 5.41) is 0. The Morgan fingerprint density at radius 3 is 1.81 bits per heavy atom. The van der Waals surface area contributed by atoms with Crippen molar-refractivity contribution >= 4 is 7.60 Å². The van der Waals surface area contributed by atoms with Crippen LogP contribution in [0.1, 0.15) is 13.8 Å². The fourth-order valence-corrected chi connectivity index (χ4v) is 2.44. The van der Waals surface area contributed by atoms with Gasteiger partial charge in [0.2, 0.25) is 0 Å². The molecule has 1 unspecified atom stereocenters. The van der Waals surface area contributed by atoms with E-state index in [2.05, 4.69) is 23.6 Å². The zero-order valence-corrected chi connectivity index (χ0v) is 13.1. The Bertz CT molecular complexity index is 635. The van der Waals surface area contributed by atoms with E-state index < -0.39 is 13.3 Å². The van der Waals surface area contributed by atoms with Crippen LogP contribution in [0.3, 0.4) is 0 Å². The molecule has 2 aromatic heterocycles. The van der Waals surface area contributed by atoms with E-state index in [0.717, 1.165) is 17.7 Å². The van der Waals surface area contributed by atoms with Crippen molar-refractivity contribution < 1.29 is 23.5 Å². The van der Waals surface area contributed by atoms with Crippen LogP contribution in [0.4, 0.5) is 0 Å². The number of nitrogens with zero attached hydrogens (tertiary/aromatic N) is 2. The molecule has 0 spiro atoms. The van der Waals surface area contributed by atoms with Crippen LogP contribution in [0.25, 0.3) is 11.1 Å². The molecule has 0 saturated carbocycles. The average molecular weight is 308 g/mol. The summed E-state index contributed by atoms with van der Waals surface area (Å²) in [6.07, 6.45) is 7.77. The summed E-state index contributed by atoms with van der Waals surface area (Å²) >= 11 is 0. The third-order valence-corrected chi connectivity index (χ3v) is 4.84. The molecule has 0 radical (unpaired) electrons. The van der Waals surface area contributed by atoms with Gasteiger partial charge in [-0.1, -0.05) is 0 Å². The number of hydrogen-bond acceptors (Lipinski definition) is 1. The van der Waals surface area contributed by atoms with Gasteiger partial charge in [-0.05, 0) is 25.0 Å². The summed E-state index contributed by atoms with van der Waals surface area (Å²) in [7, 11) is -4.02. The monoisotopic (exact) mass is 308 g/mol. The van der Waals surface area contributed by atoms with Crippen molar-refractivity contribution in [2.45, 2.75) is 32.6 Å². The molecule has 2 aromatic rings. The zero-order valence-electron chi connectivity index (χ0n) is 12.3. The van der Waals surface area contributed by atoms with Crippen molar-refractivity contribution in [3.05, 3.63) is 49.1 Å². The lowest BCUT2D eigenvalue weighted by molar-refractivity contribution is -0.696. The molecule has 0 saturated heterocycles. The largest absolute Gasteiger partial charge is 0.334 e. The maximum atomic E-state index is 11.2. The summed E-state index contributed by atoms with van der Waals surface area (Å²) in [6.45, 7) is 4.89. The highest BCUT2D eigenvalue weighted by Crippen LogP contribution is 2.40. The molecule has 0 amide bonds. The average Bonchev–Trinajstić information content (AvgIpc) is 2.47. The van der Waals surface area contributed by atoms with Crippen LogP contribution in [0.15, 0.2) is 49.1 Å². The van der Waals surface area contributed by atoms with Gasteiger partial charge in [0.25, 0.3) is 0 Å². The van der Waals surface area contributed by atoms with E-state index in [-0.39, 0.29) is 0 Å². The van der Waals surface area contributed by atoms with E-state index in [9.17, 15) is 4.57 Å². The van der Waals surface area contributed by atoms with Crippen LogP contribution >= 0.6 is 7.60 Å². The molecule has 0 aliphatic heterocycles. The molecule has 0 aromatic carbocycles. The Labute approximate surface area is 124 Å². The predicted octanol–water partition coefficient (Wildman–Crippen LogP) is 1.51. The van der Waals surface area contributed by atoms with Crippen LogP contribution in [0.5, 0.6) is 0 Å². The van der Waals surface area contributed by atoms with E-state index in [0.29, 0.717) is 6.54 Å². The highest BCUT2D eigenvalue weighted by molar-refractivity contribution is 7.52. The van der Waals surface area contributed by atoms with E-state index in [1.807, 2.05) is 36.9 Å². The smallest absolute Gasteiger partial charge is 0.324 e. The number of aromatic nitrogens is 2. The number of rotatable bonds is 5. The molecule has 0 fully saturated rings. The molecule has 5 nitrogen and oxygen atoms in total. The molecular formula is C15H21N2O3P+2. The molecule has 0 aliphatic rings. The van der Waals surface area contributed by atoms with E-state index >= 15 is 0 Å². The topological polar surface area (TPSA) is 65.3 Å². The first kappa shape index (κ1) is 15.8. The van der Waals surface area contributed by atoms with E-state index in [4.69, 9.17) is 9.79 Å². The highest BCUT2D eigenvalue weighted by Gasteiger charge is 2.27. The minimum absolute atomic E-state index is 0.301. The molecule has 2 N–H and O–H groups in total. The van der Waals surface area contributed by atoms with Gasteiger partial charge >= 0.3 is 7.60 Å². The standard InChI is InChI=1S/C15H19N2O3P/c1-3-16-8-4-14(5-9-16)15-6-10-17(11-7-15)12-13(2)21(18,19)20/h4-11,13H,3,12H2,1-2H3/p+2. The normalized spacial score (nSPS) is 13.1. The van der Waals surface area contributed by atoms with Crippen LogP contribution in [-0.2, 0) is 17.7 Å². The van der Waals surface area contributed by atoms with Gasteiger partial charge in [-0.3, -0.25) is 4.57 Å². The van der Waals surface area contributed by atoms with Crippen LogP contribution < -0.4 is 9.13 Å². The summed E-state index contributed by atoms with van der Waals surface area (Å²) < 4.78 is 15.0. The molecule has 112 valence electrons. The van der Waals surface area contributed by atoms with Crippen molar-refractivity contribution in [1.29, 1.82) is 0 Å². The van der Waals surface area contributed by atoms with Crippen LogP contribution in [0, 0.1) is 0 Å². The van der Waals surface area contributed by atoms with Crippen molar-refractivity contribution in [2.24, 2.45) is 0 Å². The van der Waals surface area contributed by atoms with Gasteiger partial charge in [-0.25, -0.2) is 9.13 Å². The van der Waals surface area contributed by atoms with Crippen LogP contribution in [-0.4, -0.2) is 15.4 Å². The predicted molar refractivity (Wildman–Crippen MR) is 79.4 cm³/mol. The van der Waals surface area contributed by atoms with Crippen LogP contribution in [0.2, 0.25) is 0 Å². The maximum Gasteiger partial charge on any atom is 0.334 e. The van der Waals surface area contributed by atoms with Gasteiger partial charge in [-0.15, -0.1) is 0 Å². The molecule has 2 heterocycles. The lowest BCUT2D eigenvalue weighted by Gasteiger charge is -2.09. The van der Waals surface area contributed by atoms with Gasteiger partial charge in [-0.2, -0.15) is 0 Å². The first-order valence-corrected chi connectivity index (χ1v) is 8.62. The van der Waals surface area contributed by atoms with E-state index in [1.165, 1.54) is 0 Å². The molecular weight excluding hydrogens is 287 g/mol. The summed E-state index contributed by atoms with van der Waals surface area (Å²) in [5.41, 5.74) is 1.52. The van der Waals surface area contributed by atoms with Gasteiger partial charge in [0.15, 0.2) is 31.3 Å². The third-order valence-electron chi connectivity index (χ3n) is 3.53. The number of aryl methyl sites for hydroxylation is 1. The second-order valence-corrected chi connectivity index (χ2v) is 7.20. The van der Waals surface area contributed by atoms with E-state index in [1.54, 1.807) is 11.5 Å². The SMILES string of the molecule is CC[n+]1ccc(-c2cc[n+](CC(C)P(=O)(O)O)cc2)cc1. The molecule has 1 atom stereocenters. The Morgan fingerprint density at radius 2 is 1.43 bits per heavy atom. The first-order valence-electron chi connectivity index (χ1n) is 6.94. The minimum atomic E-state index is -4.02. The Balaban J connectivity index is 2.13. The molecule has 0 aliphatic carbocycles. The zero-order chi connectivity index (χ0) is 15.5. The Kier molecular flexibility index (Phi) is 4.88. The summed E-state index contributed by atoms with van der Waals surface area (Å²) in [5.74, 6) is 0. The lowest BCUT2D eigenvalue weighted by atomic mass is 10.1. The fourth-order valence-electron chi connectivity index (χ4n) is 2.04. The molecule has 2 rings (SSSR count). The first-order chi connectivity index (χ1) is 9.90. The third kappa shape index (κ3) is 4.21. The van der Waals surface area contributed by atoms with Gasteiger partial charge in [0.05, 0.1) is 0 Å². The van der Waals surface area contributed by atoms with Crippen molar-refractivity contribution in [2.75, 3.05) is 0 Å². The highest BCUT2D eigenvalue weighted by atomic mass is 31.2. The van der Waals surface area contributed by atoms with Gasteiger partial charge in [0, 0.05) is 24.3 Å². The fraction of sp³-hybridized carbons (Fsp3) is 0.333. The van der Waals surface area contributed by atoms with Gasteiger partial charge in [0.1, 0.15) is 12.2 Å². The van der Waals surface area contributed by atoms with Crippen molar-refractivity contribution in [3.8, 4) is 11.1 Å². The number of pyridine rings is 2.